The monoisotopic (exact) mass is 327 g/mol. The summed E-state index contributed by atoms with van der Waals surface area (Å²) in [7, 11) is 0. The number of thiocarbonyl (C=S) groups is 1. The van der Waals surface area contributed by atoms with Gasteiger partial charge < -0.3 is 5.32 Å². The van der Waals surface area contributed by atoms with Crippen LogP contribution in [-0.2, 0) is 4.79 Å². The summed E-state index contributed by atoms with van der Waals surface area (Å²) in [4.78, 5) is 13.1. The van der Waals surface area contributed by atoms with Crippen molar-refractivity contribution in [3.63, 3.8) is 0 Å². The molecular formula is C20H25NOS. The van der Waals surface area contributed by atoms with Gasteiger partial charge in [-0.1, -0.05) is 81.5 Å². The average molecular weight is 327 g/mol. The number of allylic oxidation sites excluding steroid dienone is 4. The van der Waals surface area contributed by atoms with Gasteiger partial charge in [-0.25, -0.2) is 0 Å². The van der Waals surface area contributed by atoms with E-state index in [4.69, 9.17) is 12.2 Å². The number of rotatable bonds is 6. The van der Waals surface area contributed by atoms with Gasteiger partial charge in [-0.05, 0) is 11.0 Å². The molecule has 1 atom stereocenters. The topological polar surface area (TPSA) is 29.1 Å². The standard InChI is InChI=1S/C20H25NOS/c1-20(2,3)19(15-9-5-4-6-10-15)21-14-13-17(22)16-11-7-8-12-18(16)23/h4-11,19,21H,12-14H2,1-3H3. The van der Waals surface area contributed by atoms with Gasteiger partial charge in [-0.15, -0.1) is 0 Å². The molecule has 0 radical (unpaired) electrons. The van der Waals surface area contributed by atoms with Gasteiger partial charge in [0.1, 0.15) is 0 Å². The summed E-state index contributed by atoms with van der Waals surface area (Å²) < 4.78 is 0. The van der Waals surface area contributed by atoms with Crippen molar-refractivity contribution < 1.29 is 4.79 Å². The Balaban J connectivity index is 1.97. The lowest BCUT2D eigenvalue weighted by molar-refractivity contribution is -0.115. The molecule has 1 aromatic carbocycles. The predicted octanol–water partition coefficient (Wildman–Crippen LogP) is 4.58. The van der Waals surface area contributed by atoms with E-state index in [1.165, 1.54) is 5.56 Å². The summed E-state index contributed by atoms with van der Waals surface area (Å²) in [6.45, 7) is 7.29. The fourth-order valence-corrected chi connectivity index (χ4v) is 3.10. The van der Waals surface area contributed by atoms with E-state index in [0.717, 1.165) is 4.86 Å². The Morgan fingerprint density at radius 2 is 1.96 bits per heavy atom. The lowest BCUT2D eigenvalue weighted by Gasteiger charge is -2.32. The highest BCUT2D eigenvalue weighted by Gasteiger charge is 2.26. The van der Waals surface area contributed by atoms with Crippen LogP contribution in [0.4, 0.5) is 0 Å². The molecule has 0 saturated carbocycles. The van der Waals surface area contributed by atoms with Gasteiger partial charge in [-0.3, -0.25) is 4.79 Å². The molecule has 0 bridgehead atoms. The van der Waals surface area contributed by atoms with E-state index in [1.54, 1.807) is 0 Å². The van der Waals surface area contributed by atoms with Crippen LogP contribution in [0.3, 0.4) is 0 Å². The van der Waals surface area contributed by atoms with E-state index >= 15 is 0 Å². The van der Waals surface area contributed by atoms with Crippen molar-refractivity contribution in [3.05, 3.63) is 59.7 Å². The minimum atomic E-state index is 0.0759. The van der Waals surface area contributed by atoms with Crippen LogP contribution in [0.1, 0.15) is 45.2 Å². The zero-order chi connectivity index (χ0) is 16.9. The van der Waals surface area contributed by atoms with Gasteiger partial charge in [0, 0.05) is 35.9 Å². The van der Waals surface area contributed by atoms with Crippen LogP contribution in [0, 0.1) is 5.41 Å². The molecule has 2 rings (SSSR count). The molecule has 23 heavy (non-hydrogen) atoms. The molecule has 0 heterocycles. The zero-order valence-electron chi connectivity index (χ0n) is 14.1. The molecule has 3 heteroatoms. The van der Waals surface area contributed by atoms with Crippen LogP contribution in [0.25, 0.3) is 0 Å². The van der Waals surface area contributed by atoms with Crippen molar-refractivity contribution in [2.75, 3.05) is 6.54 Å². The first-order chi connectivity index (χ1) is 10.9. The van der Waals surface area contributed by atoms with E-state index in [0.29, 0.717) is 25.0 Å². The van der Waals surface area contributed by atoms with Gasteiger partial charge in [0.2, 0.25) is 0 Å². The third-order valence-electron chi connectivity index (χ3n) is 4.00. The molecule has 1 aliphatic rings. The first kappa shape index (κ1) is 17.8. The van der Waals surface area contributed by atoms with E-state index in [1.807, 2.05) is 24.3 Å². The highest BCUT2D eigenvalue weighted by Crippen LogP contribution is 2.32. The Morgan fingerprint density at radius 3 is 2.57 bits per heavy atom. The van der Waals surface area contributed by atoms with Crippen molar-refractivity contribution in [1.29, 1.82) is 0 Å². The number of carbonyl (C=O) groups excluding carboxylic acids is 1. The molecule has 0 aliphatic heterocycles. The molecule has 1 unspecified atom stereocenters. The second-order valence-electron chi connectivity index (χ2n) is 6.97. The quantitative estimate of drug-likeness (QED) is 0.776. The minimum absolute atomic E-state index is 0.0759. The summed E-state index contributed by atoms with van der Waals surface area (Å²) in [5, 5.41) is 3.55. The van der Waals surface area contributed by atoms with Crippen LogP contribution in [0.5, 0.6) is 0 Å². The molecule has 0 amide bonds. The Bertz CT molecular complexity index is 623. The number of hydrogen-bond acceptors (Lipinski definition) is 3. The molecule has 2 nitrogen and oxygen atoms in total. The number of ketones is 1. The van der Waals surface area contributed by atoms with Crippen molar-refractivity contribution >= 4 is 22.9 Å². The lowest BCUT2D eigenvalue weighted by Crippen LogP contribution is -2.34. The summed E-state index contributed by atoms with van der Waals surface area (Å²) in [5.74, 6) is 0.132. The van der Waals surface area contributed by atoms with Gasteiger partial charge in [0.05, 0.1) is 0 Å². The first-order valence-corrected chi connectivity index (χ1v) is 8.52. The summed E-state index contributed by atoms with van der Waals surface area (Å²) in [6.07, 6.45) is 6.92. The molecule has 1 aliphatic carbocycles. The number of Topliss-reactive ketones (excluding diaryl/α,β-unsaturated/α-hetero) is 1. The number of hydrogen-bond donors (Lipinski definition) is 1. The molecule has 122 valence electrons. The van der Waals surface area contributed by atoms with E-state index in [9.17, 15) is 4.79 Å². The predicted molar refractivity (Wildman–Crippen MR) is 101 cm³/mol. The fraction of sp³-hybridized carbons (Fsp3) is 0.400. The molecule has 1 aromatic rings. The Hall–Kier alpha value is -1.58. The van der Waals surface area contributed by atoms with Crippen molar-refractivity contribution in [3.8, 4) is 0 Å². The van der Waals surface area contributed by atoms with E-state index in [2.05, 4.69) is 50.4 Å². The van der Waals surface area contributed by atoms with Crippen molar-refractivity contribution in [1.82, 2.24) is 5.32 Å². The van der Waals surface area contributed by atoms with Crippen LogP contribution in [0.15, 0.2) is 54.1 Å². The van der Waals surface area contributed by atoms with Gasteiger partial charge >= 0.3 is 0 Å². The number of nitrogens with one attached hydrogen (secondary N) is 1. The van der Waals surface area contributed by atoms with E-state index < -0.39 is 0 Å². The Kier molecular flexibility index (Phi) is 6.03. The normalized spacial score (nSPS) is 16.1. The smallest absolute Gasteiger partial charge is 0.165 e. The van der Waals surface area contributed by atoms with E-state index in [-0.39, 0.29) is 17.2 Å². The maximum Gasteiger partial charge on any atom is 0.165 e. The summed E-state index contributed by atoms with van der Waals surface area (Å²) >= 11 is 5.28. The zero-order valence-corrected chi connectivity index (χ0v) is 15.0. The number of benzene rings is 1. The average Bonchev–Trinajstić information content (AvgIpc) is 2.51. The summed E-state index contributed by atoms with van der Waals surface area (Å²) in [5.41, 5.74) is 2.03. The van der Waals surface area contributed by atoms with Crippen molar-refractivity contribution in [2.45, 2.75) is 39.7 Å². The minimum Gasteiger partial charge on any atom is -0.309 e. The third kappa shape index (κ3) is 4.95. The highest BCUT2D eigenvalue weighted by atomic mass is 32.1. The maximum absolute atomic E-state index is 12.3. The second kappa shape index (κ2) is 7.80. The van der Waals surface area contributed by atoms with Gasteiger partial charge in [0.15, 0.2) is 5.78 Å². The first-order valence-electron chi connectivity index (χ1n) is 8.11. The largest absolute Gasteiger partial charge is 0.309 e. The maximum atomic E-state index is 12.3. The third-order valence-corrected chi connectivity index (χ3v) is 4.39. The van der Waals surface area contributed by atoms with Crippen LogP contribution in [-0.4, -0.2) is 17.2 Å². The van der Waals surface area contributed by atoms with Gasteiger partial charge in [0.25, 0.3) is 0 Å². The fourth-order valence-electron chi connectivity index (χ4n) is 2.82. The molecule has 0 spiro atoms. The SMILES string of the molecule is CC(C)(C)C(NCCC(=O)C1=CC=CCC1=S)c1ccccc1. The molecule has 1 N–H and O–H groups in total. The van der Waals surface area contributed by atoms with Crippen molar-refractivity contribution in [2.24, 2.45) is 5.41 Å². The number of carbonyl (C=O) groups is 1. The van der Waals surface area contributed by atoms with Crippen LogP contribution >= 0.6 is 12.2 Å². The summed E-state index contributed by atoms with van der Waals surface area (Å²) in [6, 6.07) is 10.6. The second-order valence-corrected chi connectivity index (χ2v) is 7.47. The van der Waals surface area contributed by atoms with Crippen LogP contribution in [0.2, 0.25) is 0 Å². The molecule has 0 aromatic heterocycles. The van der Waals surface area contributed by atoms with Crippen LogP contribution < -0.4 is 5.32 Å². The molecule has 0 saturated heterocycles. The lowest BCUT2D eigenvalue weighted by atomic mass is 9.82. The van der Waals surface area contributed by atoms with Gasteiger partial charge in [-0.2, -0.15) is 0 Å². The Labute approximate surface area is 144 Å². The Morgan fingerprint density at radius 1 is 1.26 bits per heavy atom. The highest BCUT2D eigenvalue weighted by molar-refractivity contribution is 7.81. The molecular weight excluding hydrogens is 302 g/mol. The molecule has 0 fully saturated rings.